The summed E-state index contributed by atoms with van der Waals surface area (Å²) in [6.07, 6.45) is 1.58. The lowest BCUT2D eigenvalue weighted by Gasteiger charge is -2.30. The molecule has 1 aromatic carbocycles. The van der Waals surface area contributed by atoms with Crippen molar-refractivity contribution in [2.45, 2.75) is 33.6 Å². The van der Waals surface area contributed by atoms with Crippen LogP contribution in [0.4, 0.5) is 0 Å². The van der Waals surface area contributed by atoms with Crippen molar-refractivity contribution in [2.75, 3.05) is 13.2 Å². The van der Waals surface area contributed by atoms with E-state index in [1.807, 2.05) is 0 Å². The fraction of sp³-hybridized carbons (Fsp3) is 0.318. The predicted molar refractivity (Wildman–Crippen MR) is 119 cm³/mol. The number of esters is 2. The van der Waals surface area contributed by atoms with Crippen LogP contribution in [-0.4, -0.2) is 35.3 Å². The van der Waals surface area contributed by atoms with Crippen molar-refractivity contribution in [3.05, 3.63) is 62.5 Å². The number of ether oxygens (including phenoxy) is 2. The van der Waals surface area contributed by atoms with Crippen LogP contribution in [0.25, 0.3) is 11.3 Å². The van der Waals surface area contributed by atoms with Crippen LogP contribution in [-0.2, 0) is 19.1 Å². The molecule has 3 rings (SSSR count). The van der Waals surface area contributed by atoms with E-state index in [9.17, 15) is 9.59 Å². The van der Waals surface area contributed by atoms with Crippen LogP contribution in [0.5, 0.6) is 0 Å². The van der Waals surface area contributed by atoms with Gasteiger partial charge in [0.1, 0.15) is 0 Å². The van der Waals surface area contributed by atoms with Gasteiger partial charge in [-0.3, -0.25) is 5.10 Å². The third-order valence-electron chi connectivity index (χ3n) is 4.93. The highest BCUT2D eigenvalue weighted by molar-refractivity contribution is 6.36. The number of dihydropyridines is 1. The molecule has 7 nitrogen and oxygen atoms in total. The number of nitrogens with zero attached hydrogens (tertiary/aromatic N) is 1. The Kier molecular flexibility index (Phi) is 7.08. The third-order valence-corrected chi connectivity index (χ3v) is 5.48. The van der Waals surface area contributed by atoms with Crippen molar-refractivity contribution in [3.63, 3.8) is 0 Å². The summed E-state index contributed by atoms with van der Waals surface area (Å²) in [4.78, 5) is 25.9. The van der Waals surface area contributed by atoms with E-state index in [1.165, 1.54) is 0 Å². The Hall–Kier alpha value is -2.77. The van der Waals surface area contributed by atoms with E-state index in [-0.39, 0.29) is 13.2 Å². The van der Waals surface area contributed by atoms with Gasteiger partial charge in [0.2, 0.25) is 0 Å². The fourth-order valence-electron chi connectivity index (χ4n) is 3.69. The standard InChI is InChI=1S/C22H23Cl2N3O4/c1-5-30-21(28)17-11(3)26-12(4)18(22(29)31-6-2)19(17)15-10-25-27-20(15)14-8-7-13(23)9-16(14)24/h7-10,19,26H,5-6H2,1-4H3,(H,25,27). The van der Waals surface area contributed by atoms with Crippen LogP contribution in [0, 0.1) is 0 Å². The minimum absolute atomic E-state index is 0.195. The maximum absolute atomic E-state index is 12.9. The summed E-state index contributed by atoms with van der Waals surface area (Å²) in [6.45, 7) is 7.37. The molecule has 2 N–H and O–H groups in total. The van der Waals surface area contributed by atoms with Crippen LogP contribution in [0.15, 0.2) is 46.9 Å². The highest BCUT2D eigenvalue weighted by Crippen LogP contribution is 2.43. The van der Waals surface area contributed by atoms with Gasteiger partial charge in [-0.05, 0) is 45.9 Å². The number of aromatic nitrogens is 2. The zero-order chi connectivity index (χ0) is 22.7. The second-order valence-corrected chi connectivity index (χ2v) is 7.74. The first kappa shape index (κ1) is 22.9. The van der Waals surface area contributed by atoms with Gasteiger partial charge in [-0.25, -0.2) is 9.59 Å². The number of hydrogen-bond donors (Lipinski definition) is 2. The zero-order valence-corrected chi connectivity index (χ0v) is 19.1. The summed E-state index contributed by atoms with van der Waals surface area (Å²) < 4.78 is 10.6. The van der Waals surface area contributed by atoms with E-state index < -0.39 is 17.9 Å². The molecule has 0 spiro atoms. The number of benzene rings is 1. The molecular weight excluding hydrogens is 441 g/mol. The molecule has 2 heterocycles. The van der Waals surface area contributed by atoms with Gasteiger partial charge in [0.25, 0.3) is 0 Å². The smallest absolute Gasteiger partial charge is 0.336 e. The lowest BCUT2D eigenvalue weighted by Crippen LogP contribution is -2.32. The normalized spacial score (nSPS) is 14.5. The van der Waals surface area contributed by atoms with Gasteiger partial charge in [0, 0.05) is 27.5 Å². The van der Waals surface area contributed by atoms with Crippen molar-refractivity contribution in [2.24, 2.45) is 0 Å². The quantitative estimate of drug-likeness (QED) is 0.600. The lowest BCUT2D eigenvalue weighted by atomic mass is 9.79. The molecule has 9 heteroatoms. The van der Waals surface area contributed by atoms with Gasteiger partial charge < -0.3 is 14.8 Å². The molecule has 1 aromatic heterocycles. The van der Waals surface area contributed by atoms with E-state index >= 15 is 0 Å². The molecule has 1 aliphatic heterocycles. The van der Waals surface area contributed by atoms with E-state index in [2.05, 4.69) is 15.5 Å². The highest BCUT2D eigenvalue weighted by Gasteiger charge is 2.40. The number of H-pyrrole nitrogens is 1. The van der Waals surface area contributed by atoms with Gasteiger partial charge in [-0.15, -0.1) is 0 Å². The van der Waals surface area contributed by atoms with Crippen LogP contribution in [0.3, 0.4) is 0 Å². The van der Waals surface area contributed by atoms with Crippen molar-refractivity contribution < 1.29 is 19.1 Å². The molecule has 0 atom stereocenters. The number of carbonyl (C=O) groups is 2. The summed E-state index contributed by atoms with van der Waals surface area (Å²) in [5.41, 5.74) is 3.59. The molecule has 31 heavy (non-hydrogen) atoms. The minimum atomic E-state index is -0.764. The largest absolute Gasteiger partial charge is 0.463 e. The predicted octanol–water partition coefficient (Wildman–Crippen LogP) is 4.74. The Morgan fingerprint density at radius 3 is 2.13 bits per heavy atom. The van der Waals surface area contributed by atoms with Crippen molar-refractivity contribution in [1.82, 2.24) is 15.5 Å². The first-order valence-electron chi connectivity index (χ1n) is 9.81. The van der Waals surface area contributed by atoms with Crippen molar-refractivity contribution in [1.29, 1.82) is 0 Å². The minimum Gasteiger partial charge on any atom is -0.463 e. The van der Waals surface area contributed by atoms with E-state index in [0.717, 1.165) is 0 Å². The van der Waals surface area contributed by atoms with Crippen molar-refractivity contribution >= 4 is 35.1 Å². The zero-order valence-electron chi connectivity index (χ0n) is 17.6. The number of allylic oxidation sites excluding steroid dienone is 2. The molecule has 0 aliphatic carbocycles. The van der Waals surface area contributed by atoms with Crippen LogP contribution in [0.2, 0.25) is 10.0 Å². The number of rotatable bonds is 6. The molecule has 0 unspecified atom stereocenters. The molecule has 0 fully saturated rings. The van der Waals surface area contributed by atoms with Gasteiger partial charge in [0.05, 0.1) is 47.2 Å². The van der Waals surface area contributed by atoms with Crippen molar-refractivity contribution in [3.8, 4) is 11.3 Å². The molecule has 0 amide bonds. The molecular formula is C22H23Cl2N3O4. The first-order valence-corrected chi connectivity index (χ1v) is 10.6. The number of carbonyl (C=O) groups excluding carboxylic acids is 2. The van der Waals surface area contributed by atoms with Crippen LogP contribution in [0.1, 0.15) is 39.2 Å². The SMILES string of the molecule is CCOC(=O)C1=C(C)NC(C)=C(C(=O)OCC)C1c1cn[nH]c1-c1ccc(Cl)cc1Cl. The lowest BCUT2D eigenvalue weighted by molar-refractivity contribution is -0.139. The summed E-state index contributed by atoms with van der Waals surface area (Å²) in [5, 5.41) is 11.1. The third kappa shape index (κ3) is 4.48. The van der Waals surface area contributed by atoms with E-state index in [4.69, 9.17) is 32.7 Å². The number of nitrogens with one attached hydrogen (secondary N) is 2. The fourth-order valence-corrected chi connectivity index (χ4v) is 4.19. The van der Waals surface area contributed by atoms with Crippen LogP contribution >= 0.6 is 23.2 Å². The Labute approximate surface area is 190 Å². The molecule has 0 saturated heterocycles. The maximum Gasteiger partial charge on any atom is 0.336 e. The van der Waals surface area contributed by atoms with Crippen LogP contribution < -0.4 is 5.32 Å². The summed E-state index contributed by atoms with van der Waals surface area (Å²) in [5.74, 6) is -1.82. The van der Waals surface area contributed by atoms with Gasteiger partial charge >= 0.3 is 11.9 Å². The number of hydrogen-bond acceptors (Lipinski definition) is 6. The number of halogens is 2. The second kappa shape index (κ2) is 9.58. The second-order valence-electron chi connectivity index (χ2n) is 6.90. The molecule has 0 bridgehead atoms. The maximum atomic E-state index is 12.9. The summed E-state index contributed by atoms with van der Waals surface area (Å²) in [6, 6.07) is 5.08. The molecule has 164 valence electrons. The Balaban J connectivity index is 2.24. The Bertz CT molecular complexity index is 1050. The van der Waals surface area contributed by atoms with Gasteiger partial charge in [-0.2, -0.15) is 5.10 Å². The van der Waals surface area contributed by atoms with Gasteiger partial charge in [0.15, 0.2) is 0 Å². The molecule has 1 aliphatic rings. The average molecular weight is 464 g/mol. The topological polar surface area (TPSA) is 93.3 Å². The van der Waals surface area contributed by atoms with E-state index in [0.29, 0.717) is 49.4 Å². The van der Waals surface area contributed by atoms with Gasteiger partial charge in [-0.1, -0.05) is 23.2 Å². The first-order chi connectivity index (χ1) is 14.8. The molecule has 0 radical (unpaired) electrons. The number of aromatic amines is 1. The highest BCUT2D eigenvalue weighted by atomic mass is 35.5. The summed E-state index contributed by atoms with van der Waals surface area (Å²) in [7, 11) is 0. The Morgan fingerprint density at radius 2 is 1.61 bits per heavy atom. The average Bonchev–Trinajstić information content (AvgIpc) is 3.16. The van der Waals surface area contributed by atoms with E-state index in [1.54, 1.807) is 52.1 Å². The monoisotopic (exact) mass is 463 g/mol. The summed E-state index contributed by atoms with van der Waals surface area (Å²) >= 11 is 12.5. The Morgan fingerprint density at radius 1 is 1.03 bits per heavy atom. The molecule has 0 saturated carbocycles. The molecule has 2 aromatic rings.